The van der Waals surface area contributed by atoms with Gasteiger partial charge >= 0.3 is 0 Å². The highest BCUT2D eigenvalue weighted by Crippen LogP contribution is 2.42. The molecule has 1 nitrogen and oxygen atoms in total. The first-order valence-corrected chi connectivity index (χ1v) is 8.51. The van der Waals surface area contributed by atoms with Crippen LogP contribution in [0.4, 0.5) is 0 Å². The Bertz CT molecular complexity index is 592. The smallest absolute Gasteiger partial charge is 0.137 e. The molecule has 2 N–H and O–H groups in total. The van der Waals surface area contributed by atoms with Gasteiger partial charge in [0.15, 0.2) is 0 Å². The van der Waals surface area contributed by atoms with Crippen LogP contribution >= 0.6 is 0 Å². The number of nitrogens with two attached hydrogens (primary N) is 1. The first-order chi connectivity index (χ1) is 10.9. The molecule has 2 aromatic rings. The van der Waals surface area contributed by atoms with Crippen molar-refractivity contribution >= 4 is 0 Å². The number of rotatable bonds is 5. The molecule has 1 heteroatoms. The van der Waals surface area contributed by atoms with Crippen molar-refractivity contribution in [2.24, 2.45) is 17.8 Å². The van der Waals surface area contributed by atoms with Gasteiger partial charge in [-0.3, -0.25) is 0 Å². The van der Waals surface area contributed by atoms with E-state index in [1.807, 2.05) is 0 Å². The number of hydrogen-bond donors (Lipinski definition) is 1. The Hall–Kier alpha value is -1.86. The fourth-order valence-corrected chi connectivity index (χ4v) is 4.26. The molecule has 2 aliphatic carbocycles. The van der Waals surface area contributed by atoms with Gasteiger partial charge < -0.3 is 5.32 Å². The van der Waals surface area contributed by atoms with Crippen LogP contribution in [0.3, 0.4) is 0 Å². The van der Waals surface area contributed by atoms with Gasteiger partial charge in [0.05, 0.1) is 6.54 Å². The maximum absolute atomic E-state index is 2.56. The summed E-state index contributed by atoms with van der Waals surface area (Å²) in [5, 5.41) is 2.56. The summed E-state index contributed by atoms with van der Waals surface area (Å²) in [6.45, 7) is 1.24. The molecular formula is C21H24N+. The van der Waals surface area contributed by atoms with Crippen LogP contribution < -0.4 is 5.32 Å². The average molecular weight is 290 g/mol. The standard InChI is InChI=1S/C21H23N/c1-3-7-17(8-4-1)21(18-9-5-2-6-10-18)22-15-20-14-16-11-12-19(20)13-16/h1-12,16,19-22H,13-15H2/p+1/t16-,19+,20+/m1/s1. The molecule has 3 atom stereocenters. The molecule has 0 amide bonds. The quantitative estimate of drug-likeness (QED) is 0.811. The van der Waals surface area contributed by atoms with Crippen molar-refractivity contribution in [2.45, 2.75) is 18.9 Å². The van der Waals surface area contributed by atoms with E-state index in [0.29, 0.717) is 6.04 Å². The first kappa shape index (κ1) is 13.8. The van der Waals surface area contributed by atoms with Crippen molar-refractivity contribution in [1.29, 1.82) is 0 Å². The van der Waals surface area contributed by atoms with Crippen LogP contribution in [0.5, 0.6) is 0 Å². The Balaban J connectivity index is 1.52. The SMILES string of the molecule is C1=C[C@H]2C[C@@H]1C[C@H]2C[NH2+]C(c1ccccc1)c1ccccc1. The number of hydrogen-bond acceptors (Lipinski definition) is 0. The van der Waals surface area contributed by atoms with E-state index in [-0.39, 0.29) is 0 Å². The lowest BCUT2D eigenvalue weighted by molar-refractivity contribution is -0.692. The Labute approximate surface area is 133 Å². The monoisotopic (exact) mass is 290 g/mol. The summed E-state index contributed by atoms with van der Waals surface area (Å²) in [4.78, 5) is 0. The molecule has 2 bridgehead atoms. The van der Waals surface area contributed by atoms with Gasteiger partial charge in [-0.2, -0.15) is 0 Å². The van der Waals surface area contributed by atoms with Crippen LogP contribution in [0.15, 0.2) is 72.8 Å². The van der Waals surface area contributed by atoms with E-state index in [9.17, 15) is 0 Å². The number of fused-ring (bicyclic) bond motifs is 2. The number of benzene rings is 2. The molecular weight excluding hydrogens is 266 g/mol. The molecule has 0 heterocycles. The van der Waals surface area contributed by atoms with Crippen molar-refractivity contribution in [3.05, 3.63) is 83.9 Å². The summed E-state index contributed by atoms with van der Waals surface area (Å²) in [5.41, 5.74) is 2.82. The molecule has 0 aliphatic heterocycles. The van der Waals surface area contributed by atoms with Crippen LogP contribution in [0.2, 0.25) is 0 Å². The van der Waals surface area contributed by atoms with E-state index >= 15 is 0 Å². The normalized spacial score (nSPS) is 26.0. The van der Waals surface area contributed by atoms with Gasteiger partial charge in [0.1, 0.15) is 6.04 Å². The van der Waals surface area contributed by atoms with Crippen molar-refractivity contribution < 1.29 is 5.32 Å². The lowest BCUT2D eigenvalue weighted by atomic mass is 9.92. The fourth-order valence-electron chi connectivity index (χ4n) is 4.26. The number of quaternary nitrogens is 1. The Morgan fingerprint density at radius 3 is 1.95 bits per heavy atom. The highest BCUT2D eigenvalue weighted by Gasteiger charge is 2.37. The molecule has 4 rings (SSSR count). The summed E-state index contributed by atoms with van der Waals surface area (Å²) in [6.07, 6.45) is 7.70. The van der Waals surface area contributed by atoms with Crippen LogP contribution in [-0.2, 0) is 0 Å². The average Bonchev–Trinajstić information content (AvgIpc) is 3.20. The second-order valence-electron chi connectivity index (χ2n) is 6.81. The second-order valence-corrected chi connectivity index (χ2v) is 6.81. The molecule has 22 heavy (non-hydrogen) atoms. The molecule has 1 saturated carbocycles. The molecule has 0 aromatic heterocycles. The highest BCUT2D eigenvalue weighted by molar-refractivity contribution is 5.29. The van der Waals surface area contributed by atoms with E-state index in [4.69, 9.17) is 0 Å². The Morgan fingerprint density at radius 2 is 1.45 bits per heavy atom. The summed E-state index contributed by atoms with van der Waals surface area (Å²) >= 11 is 0. The van der Waals surface area contributed by atoms with E-state index in [2.05, 4.69) is 78.1 Å². The molecule has 0 unspecified atom stereocenters. The molecule has 2 aliphatic rings. The van der Waals surface area contributed by atoms with E-state index < -0.39 is 0 Å². The number of allylic oxidation sites excluding steroid dienone is 2. The maximum atomic E-state index is 2.56. The van der Waals surface area contributed by atoms with E-state index in [0.717, 1.165) is 17.8 Å². The third-order valence-corrected chi connectivity index (χ3v) is 5.41. The minimum absolute atomic E-state index is 0.422. The van der Waals surface area contributed by atoms with Gasteiger partial charge in [-0.25, -0.2) is 0 Å². The van der Waals surface area contributed by atoms with Crippen molar-refractivity contribution in [2.75, 3.05) is 6.54 Å². The second kappa shape index (κ2) is 6.10. The Morgan fingerprint density at radius 1 is 0.818 bits per heavy atom. The van der Waals surface area contributed by atoms with Crippen LogP contribution in [-0.4, -0.2) is 6.54 Å². The molecule has 0 saturated heterocycles. The predicted molar refractivity (Wildman–Crippen MR) is 90.4 cm³/mol. The van der Waals surface area contributed by atoms with Crippen LogP contribution in [0, 0.1) is 17.8 Å². The topological polar surface area (TPSA) is 16.6 Å². The fraction of sp³-hybridized carbons (Fsp3) is 0.333. The van der Waals surface area contributed by atoms with Crippen molar-refractivity contribution in [3.63, 3.8) is 0 Å². The summed E-state index contributed by atoms with van der Waals surface area (Å²) in [7, 11) is 0. The predicted octanol–water partition coefficient (Wildman–Crippen LogP) is 3.55. The zero-order chi connectivity index (χ0) is 14.8. The minimum Gasteiger partial charge on any atom is -0.336 e. The molecule has 0 radical (unpaired) electrons. The van der Waals surface area contributed by atoms with Crippen molar-refractivity contribution in [1.82, 2.24) is 0 Å². The molecule has 2 aromatic carbocycles. The first-order valence-electron chi connectivity index (χ1n) is 8.51. The van der Waals surface area contributed by atoms with Gasteiger partial charge in [0, 0.05) is 17.0 Å². The van der Waals surface area contributed by atoms with Crippen LogP contribution in [0.25, 0.3) is 0 Å². The van der Waals surface area contributed by atoms with Gasteiger partial charge in [0.25, 0.3) is 0 Å². The van der Waals surface area contributed by atoms with Gasteiger partial charge in [0.2, 0.25) is 0 Å². The van der Waals surface area contributed by atoms with Crippen LogP contribution in [0.1, 0.15) is 30.0 Å². The van der Waals surface area contributed by atoms with Gasteiger partial charge in [-0.1, -0.05) is 72.8 Å². The summed E-state index contributed by atoms with van der Waals surface area (Å²) in [5.74, 6) is 2.58. The largest absolute Gasteiger partial charge is 0.336 e. The van der Waals surface area contributed by atoms with Crippen molar-refractivity contribution in [3.8, 4) is 0 Å². The molecule has 0 spiro atoms. The summed E-state index contributed by atoms with van der Waals surface area (Å²) in [6, 6.07) is 22.3. The highest BCUT2D eigenvalue weighted by atomic mass is 14.9. The maximum Gasteiger partial charge on any atom is 0.137 e. The summed E-state index contributed by atoms with van der Waals surface area (Å²) < 4.78 is 0. The zero-order valence-corrected chi connectivity index (χ0v) is 12.9. The lowest BCUT2D eigenvalue weighted by Gasteiger charge is -2.22. The zero-order valence-electron chi connectivity index (χ0n) is 12.9. The third-order valence-electron chi connectivity index (χ3n) is 5.41. The van der Waals surface area contributed by atoms with Gasteiger partial charge in [-0.15, -0.1) is 0 Å². The van der Waals surface area contributed by atoms with E-state index in [1.54, 1.807) is 0 Å². The third kappa shape index (κ3) is 2.74. The van der Waals surface area contributed by atoms with E-state index in [1.165, 1.54) is 30.5 Å². The lowest BCUT2D eigenvalue weighted by Crippen LogP contribution is -2.87. The Kier molecular flexibility index (Phi) is 3.82. The molecule has 112 valence electrons. The van der Waals surface area contributed by atoms with Gasteiger partial charge in [-0.05, 0) is 24.7 Å². The molecule has 1 fully saturated rings. The minimum atomic E-state index is 0.422.